The van der Waals surface area contributed by atoms with Crippen molar-refractivity contribution >= 4 is 9.84 Å². The predicted molar refractivity (Wildman–Crippen MR) is 79.3 cm³/mol. The summed E-state index contributed by atoms with van der Waals surface area (Å²) in [6, 6.07) is 8.51. The molecule has 1 aliphatic heterocycles. The van der Waals surface area contributed by atoms with Crippen molar-refractivity contribution < 1.29 is 18.2 Å². The average molecular weight is 308 g/mol. The Hall–Kier alpha value is -1.17. The first-order valence-electron chi connectivity index (χ1n) is 7.20. The molecule has 0 N–H and O–H groups in total. The fourth-order valence-electron chi connectivity index (χ4n) is 3.08. The molecule has 2 bridgehead atoms. The summed E-state index contributed by atoms with van der Waals surface area (Å²) in [6.45, 7) is 3.86. The van der Waals surface area contributed by atoms with E-state index in [4.69, 9.17) is 9.78 Å². The molecule has 3 atom stereocenters. The summed E-state index contributed by atoms with van der Waals surface area (Å²) in [5, 5.41) is 0. The highest BCUT2D eigenvalue weighted by atomic mass is 32.2. The first-order chi connectivity index (χ1) is 9.91. The molecule has 1 aliphatic carbocycles. The molecule has 21 heavy (non-hydrogen) atoms. The molecular weight excluding hydrogens is 288 g/mol. The highest BCUT2D eigenvalue weighted by Crippen LogP contribution is 2.42. The summed E-state index contributed by atoms with van der Waals surface area (Å²) in [4.78, 5) is 11.3. The Bertz CT molecular complexity index is 650. The minimum atomic E-state index is -3.39. The summed E-state index contributed by atoms with van der Waals surface area (Å²) >= 11 is 0. The smallest absolute Gasteiger partial charge is 0.181 e. The van der Waals surface area contributed by atoms with Gasteiger partial charge in [-0.05, 0) is 50.3 Å². The Morgan fingerprint density at radius 3 is 2.71 bits per heavy atom. The van der Waals surface area contributed by atoms with E-state index in [0.29, 0.717) is 4.90 Å². The van der Waals surface area contributed by atoms with Gasteiger partial charge in [0.2, 0.25) is 0 Å². The van der Waals surface area contributed by atoms with Crippen LogP contribution in [-0.4, -0.2) is 25.9 Å². The van der Waals surface area contributed by atoms with E-state index < -0.39 is 15.4 Å². The molecule has 2 aliphatic rings. The van der Waals surface area contributed by atoms with Crippen LogP contribution in [0.2, 0.25) is 0 Å². The van der Waals surface area contributed by atoms with Crippen LogP contribution < -0.4 is 0 Å². The van der Waals surface area contributed by atoms with Gasteiger partial charge in [-0.15, -0.1) is 0 Å². The van der Waals surface area contributed by atoms with E-state index in [0.717, 1.165) is 12.8 Å². The summed E-state index contributed by atoms with van der Waals surface area (Å²) < 4.78 is 25.2. The molecule has 0 unspecified atom stereocenters. The maximum Gasteiger partial charge on any atom is 0.181 e. The zero-order chi connectivity index (χ0) is 15.1. The molecule has 1 aromatic rings. The second-order valence-corrected chi connectivity index (χ2v) is 8.16. The van der Waals surface area contributed by atoms with Gasteiger partial charge in [0.15, 0.2) is 9.84 Å². The van der Waals surface area contributed by atoms with Gasteiger partial charge in [0.25, 0.3) is 0 Å². The SMILES string of the molecule is CC1=CC[C@@H]2C[C@H]1OO[C@@]2(C)CS(=O)(=O)c1ccccc1. The van der Waals surface area contributed by atoms with Gasteiger partial charge in [-0.1, -0.05) is 24.3 Å². The lowest BCUT2D eigenvalue weighted by atomic mass is 9.77. The van der Waals surface area contributed by atoms with Crippen LogP contribution in [0.4, 0.5) is 0 Å². The van der Waals surface area contributed by atoms with Crippen LogP contribution in [-0.2, 0) is 19.6 Å². The van der Waals surface area contributed by atoms with Gasteiger partial charge >= 0.3 is 0 Å². The summed E-state index contributed by atoms with van der Waals surface area (Å²) in [6.07, 6.45) is 3.76. The van der Waals surface area contributed by atoms with Crippen LogP contribution in [0.25, 0.3) is 0 Å². The Balaban J connectivity index is 1.84. The highest BCUT2D eigenvalue weighted by Gasteiger charge is 2.47. The lowest BCUT2D eigenvalue weighted by Gasteiger charge is -2.44. The summed E-state index contributed by atoms with van der Waals surface area (Å²) in [7, 11) is -3.39. The Morgan fingerprint density at radius 2 is 2.00 bits per heavy atom. The van der Waals surface area contributed by atoms with E-state index >= 15 is 0 Å². The molecule has 1 aromatic carbocycles. The molecule has 5 heteroatoms. The molecule has 1 fully saturated rings. The van der Waals surface area contributed by atoms with Gasteiger partial charge in [-0.25, -0.2) is 18.2 Å². The zero-order valence-corrected chi connectivity index (χ0v) is 13.1. The van der Waals surface area contributed by atoms with Crippen LogP contribution in [0.15, 0.2) is 46.9 Å². The Kier molecular flexibility index (Phi) is 3.67. The Labute approximate surface area is 125 Å². The number of fused-ring (bicyclic) bond motifs is 2. The van der Waals surface area contributed by atoms with Crippen molar-refractivity contribution in [3.63, 3.8) is 0 Å². The molecule has 1 heterocycles. The molecule has 114 valence electrons. The van der Waals surface area contributed by atoms with Crippen molar-refractivity contribution in [1.29, 1.82) is 0 Å². The number of hydrogen-bond acceptors (Lipinski definition) is 4. The molecule has 3 rings (SSSR count). The quantitative estimate of drug-likeness (QED) is 0.636. The van der Waals surface area contributed by atoms with Gasteiger partial charge < -0.3 is 0 Å². The second kappa shape index (κ2) is 5.23. The van der Waals surface area contributed by atoms with Gasteiger partial charge in [-0.3, -0.25) is 0 Å². The largest absolute Gasteiger partial charge is 0.228 e. The first kappa shape index (κ1) is 14.8. The minimum absolute atomic E-state index is 0.0312. The predicted octanol–water partition coefficient (Wildman–Crippen LogP) is 2.91. The van der Waals surface area contributed by atoms with E-state index in [2.05, 4.69) is 6.08 Å². The van der Waals surface area contributed by atoms with Crippen molar-refractivity contribution in [1.82, 2.24) is 0 Å². The molecule has 0 radical (unpaired) electrons. The lowest BCUT2D eigenvalue weighted by molar-refractivity contribution is -0.409. The average Bonchev–Trinajstić information content (AvgIpc) is 2.46. The van der Waals surface area contributed by atoms with Crippen molar-refractivity contribution in [3.05, 3.63) is 42.0 Å². The number of allylic oxidation sites excluding steroid dienone is 1. The van der Waals surface area contributed by atoms with E-state index in [1.807, 2.05) is 13.8 Å². The van der Waals surface area contributed by atoms with Crippen LogP contribution >= 0.6 is 0 Å². The third-order valence-electron chi connectivity index (χ3n) is 4.53. The van der Waals surface area contributed by atoms with Crippen LogP contribution in [0.5, 0.6) is 0 Å². The fraction of sp³-hybridized carbons (Fsp3) is 0.500. The Morgan fingerprint density at radius 1 is 1.29 bits per heavy atom. The van der Waals surface area contributed by atoms with Crippen molar-refractivity contribution in [3.8, 4) is 0 Å². The van der Waals surface area contributed by atoms with Crippen LogP contribution in [0, 0.1) is 5.92 Å². The zero-order valence-electron chi connectivity index (χ0n) is 12.3. The van der Waals surface area contributed by atoms with Crippen molar-refractivity contribution in [2.75, 3.05) is 5.75 Å². The molecular formula is C16H20O4S. The molecule has 0 aromatic heterocycles. The van der Waals surface area contributed by atoms with Gasteiger partial charge in [-0.2, -0.15) is 0 Å². The normalized spacial score (nSPS) is 32.6. The van der Waals surface area contributed by atoms with Crippen LogP contribution in [0.3, 0.4) is 0 Å². The van der Waals surface area contributed by atoms with E-state index in [9.17, 15) is 8.42 Å². The maximum absolute atomic E-state index is 12.6. The second-order valence-electron chi connectivity index (χ2n) is 6.17. The fourth-order valence-corrected chi connectivity index (χ4v) is 4.86. The molecule has 4 nitrogen and oxygen atoms in total. The summed E-state index contributed by atoms with van der Waals surface area (Å²) in [5.41, 5.74) is 0.363. The molecule has 0 spiro atoms. The third-order valence-corrected chi connectivity index (χ3v) is 6.47. The standard InChI is InChI=1S/C16H20O4S/c1-12-8-9-13-10-15(12)19-20-16(13,2)11-21(17,18)14-6-4-3-5-7-14/h3-8,13,15H,9-11H2,1-2H3/t13-,15-,16+/m1/s1. The van der Waals surface area contributed by atoms with Gasteiger partial charge in [0, 0.05) is 0 Å². The van der Waals surface area contributed by atoms with E-state index in [-0.39, 0.29) is 17.8 Å². The highest BCUT2D eigenvalue weighted by molar-refractivity contribution is 7.91. The number of benzene rings is 1. The van der Waals surface area contributed by atoms with Gasteiger partial charge in [0.05, 0.1) is 10.6 Å². The van der Waals surface area contributed by atoms with E-state index in [1.54, 1.807) is 30.3 Å². The number of sulfone groups is 1. The topological polar surface area (TPSA) is 52.6 Å². The van der Waals surface area contributed by atoms with Gasteiger partial charge in [0.1, 0.15) is 11.7 Å². The molecule has 0 amide bonds. The van der Waals surface area contributed by atoms with Crippen molar-refractivity contribution in [2.24, 2.45) is 5.92 Å². The minimum Gasteiger partial charge on any atom is -0.228 e. The first-order valence-corrected chi connectivity index (χ1v) is 8.85. The number of hydrogen-bond donors (Lipinski definition) is 0. The lowest BCUT2D eigenvalue weighted by Crippen LogP contribution is -2.51. The number of rotatable bonds is 3. The summed E-state index contributed by atoms with van der Waals surface area (Å²) in [5.74, 6) is 0.104. The molecule has 1 saturated heterocycles. The van der Waals surface area contributed by atoms with Crippen LogP contribution in [0.1, 0.15) is 26.7 Å². The maximum atomic E-state index is 12.6. The molecule has 0 saturated carbocycles. The van der Waals surface area contributed by atoms with E-state index in [1.165, 1.54) is 5.57 Å². The van der Waals surface area contributed by atoms with Crippen molar-refractivity contribution in [2.45, 2.75) is 43.3 Å². The monoisotopic (exact) mass is 308 g/mol. The third kappa shape index (κ3) is 2.78.